The second kappa shape index (κ2) is 3.51. The molecule has 16 heavy (non-hydrogen) atoms. The standard InChI is InChI=1S/C9H7N5O2/c1-13-5-7(3-11-13)14-4-6(2-10)8(15)12-9(14)16/h3-5H,1H3,(H,12,15,16). The van der Waals surface area contributed by atoms with Crippen LogP contribution in [0.15, 0.2) is 28.2 Å². The molecular formula is C9H7N5O2. The lowest BCUT2D eigenvalue weighted by Crippen LogP contribution is -2.29. The van der Waals surface area contributed by atoms with Gasteiger partial charge in [0, 0.05) is 19.4 Å². The second-order valence-electron chi connectivity index (χ2n) is 3.16. The highest BCUT2D eigenvalue weighted by atomic mass is 16.2. The molecule has 0 aliphatic rings. The number of hydrogen-bond acceptors (Lipinski definition) is 4. The van der Waals surface area contributed by atoms with Gasteiger partial charge in [-0.2, -0.15) is 10.4 Å². The number of hydrogen-bond donors (Lipinski definition) is 1. The Morgan fingerprint density at radius 3 is 2.75 bits per heavy atom. The number of nitrogens with one attached hydrogen (secondary N) is 1. The lowest BCUT2D eigenvalue weighted by molar-refractivity contribution is 0.766. The molecule has 0 spiro atoms. The van der Waals surface area contributed by atoms with Gasteiger partial charge >= 0.3 is 5.69 Å². The largest absolute Gasteiger partial charge is 0.333 e. The number of aromatic amines is 1. The monoisotopic (exact) mass is 217 g/mol. The van der Waals surface area contributed by atoms with Crippen LogP contribution in [-0.4, -0.2) is 19.3 Å². The van der Waals surface area contributed by atoms with Gasteiger partial charge in [0.05, 0.1) is 11.9 Å². The maximum Gasteiger partial charge on any atom is 0.333 e. The quantitative estimate of drug-likeness (QED) is 0.671. The molecular weight excluding hydrogens is 210 g/mol. The molecule has 0 saturated heterocycles. The Bertz CT molecular complexity index is 685. The van der Waals surface area contributed by atoms with E-state index in [0.29, 0.717) is 5.69 Å². The van der Waals surface area contributed by atoms with E-state index in [1.807, 2.05) is 0 Å². The van der Waals surface area contributed by atoms with Crippen LogP contribution in [0.5, 0.6) is 0 Å². The minimum Gasteiger partial charge on any atom is -0.274 e. The predicted molar refractivity (Wildman–Crippen MR) is 54.1 cm³/mol. The van der Waals surface area contributed by atoms with Gasteiger partial charge in [-0.25, -0.2) is 4.79 Å². The van der Waals surface area contributed by atoms with Gasteiger partial charge in [-0.05, 0) is 0 Å². The van der Waals surface area contributed by atoms with Gasteiger partial charge in [0.25, 0.3) is 5.56 Å². The maximum atomic E-state index is 11.5. The summed E-state index contributed by atoms with van der Waals surface area (Å²) in [7, 11) is 1.70. The van der Waals surface area contributed by atoms with E-state index in [4.69, 9.17) is 5.26 Å². The molecule has 2 rings (SSSR count). The molecule has 0 bridgehead atoms. The van der Waals surface area contributed by atoms with E-state index in [2.05, 4.69) is 10.1 Å². The molecule has 0 fully saturated rings. The highest BCUT2D eigenvalue weighted by Gasteiger charge is 2.06. The Labute approximate surface area is 89.2 Å². The third-order valence-corrected chi connectivity index (χ3v) is 2.03. The molecule has 0 amide bonds. The number of nitriles is 1. The molecule has 1 N–H and O–H groups in total. The first kappa shape index (κ1) is 9.92. The zero-order chi connectivity index (χ0) is 11.7. The van der Waals surface area contributed by atoms with Crippen molar-refractivity contribution in [3.63, 3.8) is 0 Å². The maximum absolute atomic E-state index is 11.5. The summed E-state index contributed by atoms with van der Waals surface area (Å²) in [6, 6.07) is 1.71. The van der Waals surface area contributed by atoms with Crippen molar-refractivity contribution in [3.8, 4) is 11.8 Å². The van der Waals surface area contributed by atoms with Crippen molar-refractivity contribution < 1.29 is 0 Å². The number of rotatable bonds is 1. The van der Waals surface area contributed by atoms with Crippen molar-refractivity contribution in [3.05, 3.63) is 45.0 Å². The minimum atomic E-state index is -0.687. The third-order valence-electron chi connectivity index (χ3n) is 2.03. The number of aryl methyl sites for hydroxylation is 1. The summed E-state index contributed by atoms with van der Waals surface area (Å²) >= 11 is 0. The third kappa shape index (κ3) is 1.52. The molecule has 0 aliphatic carbocycles. The Hall–Kier alpha value is -2.62. The minimum absolute atomic E-state index is 0.122. The molecule has 2 aromatic rings. The van der Waals surface area contributed by atoms with Gasteiger partial charge in [0.1, 0.15) is 11.6 Å². The van der Waals surface area contributed by atoms with E-state index in [9.17, 15) is 9.59 Å². The van der Waals surface area contributed by atoms with E-state index < -0.39 is 11.2 Å². The average Bonchev–Trinajstić information content (AvgIpc) is 2.65. The van der Waals surface area contributed by atoms with Crippen molar-refractivity contribution in [1.82, 2.24) is 19.3 Å². The zero-order valence-corrected chi connectivity index (χ0v) is 8.34. The molecule has 0 aromatic carbocycles. The van der Waals surface area contributed by atoms with Gasteiger partial charge in [0.2, 0.25) is 0 Å². The van der Waals surface area contributed by atoms with E-state index in [-0.39, 0.29) is 5.56 Å². The average molecular weight is 217 g/mol. The predicted octanol–water partition coefficient (Wildman–Crippen LogP) is -0.869. The topological polar surface area (TPSA) is 96.5 Å². The highest BCUT2D eigenvalue weighted by molar-refractivity contribution is 5.30. The van der Waals surface area contributed by atoms with Crippen LogP contribution >= 0.6 is 0 Å². The van der Waals surface area contributed by atoms with Gasteiger partial charge in [0.15, 0.2) is 0 Å². The lowest BCUT2D eigenvalue weighted by Gasteiger charge is -2.00. The first-order chi connectivity index (χ1) is 7.61. The molecule has 7 nitrogen and oxygen atoms in total. The first-order valence-electron chi connectivity index (χ1n) is 4.37. The van der Waals surface area contributed by atoms with E-state index in [0.717, 1.165) is 4.57 Å². The summed E-state index contributed by atoms with van der Waals surface area (Å²) < 4.78 is 2.67. The molecule has 80 valence electrons. The highest BCUT2D eigenvalue weighted by Crippen LogP contribution is 2.01. The van der Waals surface area contributed by atoms with E-state index in [1.54, 1.807) is 19.3 Å². The van der Waals surface area contributed by atoms with Crippen molar-refractivity contribution in [2.45, 2.75) is 0 Å². The Morgan fingerprint density at radius 1 is 1.44 bits per heavy atom. The normalized spacial score (nSPS) is 10.0. The zero-order valence-electron chi connectivity index (χ0n) is 8.34. The van der Waals surface area contributed by atoms with Crippen molar-refractivity contribution in [2.24, 2.45) is 7.05 Å². The molecule has 0 aliphatic heterocycles. The van der Waals surface area contributed by atoms with Crippen LogP contribution in [0.3, 0.4) is 0 Å². The fourth-order valence-electron chi connectivity index (χ4n) is 1.28. The van der Waals surface area contributed by atoms with Crippen LogP contribution in [-0.2, 0) is 7.05 Å². The van der Waals surface area contributed by atoms with Crippen LogP contribution in [0, 0.1) is 11.3 Å². The van der Waals surface area contributed by atoms with Gasteiger partial charge in [-0.3, -0.25) is 19.0 Å². The smallest absolute Gasteiger partial charge is 0.274 e. The fourth-order valence-corrected chi connectivity index (χ4v) is 1.28. The molecule has 2 aromatic heterocycles. The summed E-state index contributed by atoms with van der Waals surface area (Å²) in [4.78, 5) is 24.7. The lowest BCUT2D eigenvalue weighted by atomic mass is 10.3. The summed E-state index contributed by atoms with van der Waals surface area (Å²) in [6.45, 7) is 0. The van der Waals surface area contributed by atoms with Gasteiger partial charge < -0.3 is 0 Å². The first-order valence-corrected chi connectivity index (χ1v) is 4.37. The fraction of sp³-hybridized carbons (Fsp3) is 0.111. The Balaban J connectivity index is 2.72. The van der Waals surface area contributed by atoms with Crippen LogP contribution in [0.2, 0.25) is 0 Å². The SMILES string of the molecule is Cn1cc(-n2cc(C#N)c(=O)[nH]c2=O)cn1. The summed E-state index contributed by atoms with van der Waals surface area (Å²) in [5.41, 5.74) is -0.923. The summed E-state index contributed by atoms with van der Waals surface area (Å²) in [5, 5.41) is 12.6. The van der Waals surface area contributed by atoms with Crippen molar-refractivity contribution in [2.75, 3.05) is 0 Å². The molecule has 0 saturated carbocycles. The summed E-state index contributed by atoms with van der Waals surface area (Å²) in [5.74, 6) is 0. The van der Waals surface area contributed by atoms with Gasteiger partial charge in [-0.15, -0.1) is 0 Å². The molecule has 2 heterocycles. The van der Waals surface area contributed by atoms with Crippen LogP contribution in [0.25, 0.3) is 5.69 Å². The molecule has 0 atom stereocenters. The van der Waals surface area contributed by atoms with Gasteiger partial charge in [-0.1, -0.05) is 0 Å². The van der Waals surface area contributed by atoms with Crippen molar-refractivity contribution in [1.29, 1.82) is 5.26 Å². The van der Waals surface area contributed by atoms with Crippen LogP contribution in [0.1, 0.15) is 5.56 Å². The van der Waals surface area contributed by atoms with Crippen molar-refractivity contribution >= 4 is 0 Å². The second-order valence-corrected chi connectivity index (χ2v) is 3.16. The van der Waals surface area contributed by atoms with Crippen LogP contribution < -0.4 is 11.2 Å². The van der Waals surface area contributed by atoms with E-state index in [1.165, 1.54) is 17.1 Å². The molecule has 7 heteroatoms. The Morgan fingerprint density at radius 2 is 2.19 bits per heavy atom. The number of aromatic nitrogens is 4. The van der Waals surface area contributed by atoms with E-state index >= 15 is 0 Å². The molecule has 0 unspecified atom stereocenters. The number of H-pyrrole nitrogens is 1. The Kier molecular flexibility index (Phi) is 2.17. The summed E-state index contributed by atoms with van der Waals surface area (Å²) in [6.07, 6.45) is 4.25. The van der Waals surface area contributed by atoms with Crippen LogP contribution in [0.4, 0.5) is 0 Å². The molecule has 0 radical (unpaired) electrons. The number of nitrogens with zero attached hydrogens (tertiary/aromatic N) is 4.